The average Bonchev–Trinajstić information content (AvgIpc) is 2.47. The molecule has 1 aliphatic rings. The summed E-state index contributed by atoms with van der Waals surface area (Å²) in [6, 6.07) is 6.21. The van der Waals surface area contributed by atoms with Gasteiger partial charge < -0.3 is 20.1 Å². The Kier molecular flexibility index (Phi) is 4.65. The number of para-hydroxylation sites is 1. The summed E-state index contributed by atoms with van der Waals surface area (Å²) in [7, 11) is 0. The van der Waals surface area contributed by atoms with Crippen molar-refractivity contribution in [3.63, 3.8) is 0 Å². The molecule has 1 heterocycles. The molecule has 7 heteroatoms. The number of anilines is 1. The number of nitrogens with one attached hydrogen (secondary N) is 1. The summed E-state index contributed by atoms with van der Waals surface area (Å²) in [6.07, 6.45) is 0. The van der Waals surface area contributed by atoms with Gasteiger partial charge in [0.05, 0.1) is 24.5 Å². The molecule has 1 aliphatic heterocycles. The molecule has 2 N–H and O–H groups in total. The smallest absolute Gasteiger partial charge is 0.337 e. The van der Waals surface area contributed by atoms with E-state index in [4.69, 9.17) is 22.1 Å². The number of thiocarbonyl (C=S) groups is 1. The number of hydrogen-bond donors (Lipinski definition) is 2. The third kappa shape index (κ3) is 3.31. The molecule has 2 rings (SSSR count). The molecule has 1 amide bonds. The van der Waals surface area contributed by atoms with E-state index in [1.165, 1.54) is 12.1 Å². The lowest BCUT2D eigenvalue weighted by Gasteiger charge is -2.28. The number of rotatable bonds is 2. The van der Waals surface area contributed by atoms with Crippen LogP contribution in [0.4, 0.5) is 5.69 Å². The number of nitrogens with zero attached hydrogens (tertiary/aromatic N) is 1. The zero-order valence-electron chi connectivity index (χ0n) is 10.7. The number of morpholine rings is 1. The fraction of sp³-hybridized carbons (Fsp3) is 0.308. The van der Waals surface area contributed by atoms with E-state index in [0.29, 0.717) is 26.3 Å². The molecule has 0 unspecified atom stereocenters. The lowest BCUT2D eigenvalue weighted by molar-refractivity contribution is -0.111. The molecule has 1 aromatic rings. The summed E-state index contributed by atoms with van der Waals surface area (Å²) in [5, 5.41) is 11.6. The minimum atomic E-state index is -1.10. The number of benzene rings is 1. The van der Waals surface area contributed by atoms with Crippen molar-refractivity contribution in [2.45, 2.75) is 0 Å². The van der Waals surface area contributed by atoms with E-state index in [2.05, 4.69) is 5.32 Å². The second-order valence-electron chi connectivity index (χ2n) is 4.21. The molecule has 0 bridgehead atoms. The number of ether oxygens (including phenoxy) is 1. The van der Waals surface area contributed by atoms with Gasteiger partial charge in [-0.3, -0.25) is 4.79 Å². The van der Waals surface area contributed by atoms with E-state index >= 15 is 0 Å². The molecular weight excluding hydrogens is 280 g/mol. The Hall–Kier alpha value is -1.99. The molecule has 0 spiro atoms. The van der Waals surface area contributed by atoms with Gasteiger partial charge in [0.1, 0.15) is 0 Å². The zero-order valence-corrected chi connectivity index (χ0v) is 11.5. The molecule has 0 saturated carbocycles. The molecule has 0 radical (unpaired) electrons. The lowest BCUT2D eigenvalue weighted by atomic mass is 10.2. The van der Waals surface area contributed by atoms with Crippen molar-refractivity contribution in [1.29, 1.82) is 0 Å². The highest BCUT2D eigenvalue weighted by Gasteiger charge is 2.21. The van der Waals surface area contributed by atoms with Gasteiger partial charge in [0.2, 0.25) is 0 Å². The van der Waals surface area contributed by atoms with Crippen LogP contribution in [0, 0.1) is 0 Å². The molecule has 0 aromatic heterocycles. The Morgan fingerprint density at radius 2 is 1.90 bits per heavy atom. The molecule has 1 fully saturated rings. The van der Waals surface area contributed by atoms with Crippen LogP contribution in [0.3, 0.4) is 0 Å². The van der Waals surface area contributed by atoms with E-state index in [1.807, 2.05) is 0 Å². The van der Waals surface area contributed by atoms with Crippen molar-refractivity contribution in [3.05, 3.63) is 29.8 Å². The topological polar surface area (TPSA) is 78.9 Å². The van der Waals surface area contributed by atoms with Crippen LogP contribution in [0.2, 0.25) is 0 Å². The van der Waals surface area contributed by atoms with Gasteiger partial charge in [-0.05, 0) is 12.1 Å². The SMILES string of the molecule is O=C(Nc1ccccc1C(=O)O)C(=S)N1CCOCC1. The normalized spacial score (nSPS) is 14.7. The summed E-state index contributed by atoms with van der Waals surface area (Å²) in [4.78, 5) is 25.0. The van der Waals surface area contributed by atoms with Crippen LogP contribution in [0.25, 0.3) is 0 Å². The first kappa shape index (κ1) is 14.4. The van der Waals surface area contributed by atoms with Gasteiger partial charge in [0.15, 0.2) is 4.99 Å². The molecule has 0 aliphatic carbocycles. The van der Waals surface area contributed by atoms with E-state index in [-0.39, 0.29) is 16.2 Å². The predicted molar refractivity (Wildman–Crippen MR) is 77.0 cm³/mol. The van der Waals surface area contributed by atoms with Gasteiger partial charge >= 0.3 is 5.97 Å². The monoisotopic (exact) mass is 294 g/mol. The molecule has 6 nitrogen and oxygen atoms in total. The number of aromatic carboxylic acids is 1. The molecule has 106 valence electrons. The lowest BCUT2D eigenvalue weighted by Crippen LogP contribution is -2.45. The van der Waals surface area contributed by atoms with E-state index in [1.54, 1.807) is 17.0 Å². The number of carboxylic acids is 1. The van der Waals surface area contributed by atoms with Crippen LogP contribution in [0.15, 0.2) is 24.3 Å². The fourth-order valence-corrected chi connectivity index (χ4v) is 2.10. The largest absolute Gasteiger partial charge is 0.478 e. The summed E-state index contributed by atoms with van der Waals surface area (Å²) >= 11 is 5.12. The van der Waals surface area contributed by atoms with Gasteiger partial charge in [-0.2, -0.15) is 0 Å². The molecular formula is C13H14N2O4S. The van der Waals surface area contributed by atoms with Crippen LogP contribution in [-0.2, 0) is 9.53 Å². The van der Waals surface area contributed by atoms with Crippen molar-refractivity contribution >= 4 is 34.8 Å². The summed E-state index contributed by atoms with van der Waals surface area (Å²) < 4.78 is 5.19. The summed E-state index contributed by atoms with van der Waals surface area (Å²) in [5.41, 5.74) is 0.270. The van der Waals surface area contributed by atoms with Gasteiger partial charge in [0.25, 0.3) is 5.91 Å². The molecule has 20 heavy (non-hydrogen) atoms. The van der Waals surface area contributed by atoms with Crippen molar-refractivity contribution in [3.8, 4) is 0 Å². The molecule has 1 saturated heterocycles. The highest BCUT2D eigenvalue weighted by Crippen LogP contribution is 2.15. The quantitative estimate of drug-likeness (QED) is 0.792. The van der Waals surface area contributed by atoms with E-state index < -0.39 is 11.9 Å². The van der Waals surface area contributed by atoms with Crippen molar-refractivity contribution in [1.82, 2.24) is 4.90 Å². The maximum atomic E-state index is 12.1. The minimum absolute atomic E-state index is 0.0330. The fourth-order valence-electron chi connectivity index (χ4n) is 1.86. The Bertz CT molecular complexity index is 541. The van der Waals surface area contributed by atoms with Gasteiger partial charge in [-0.15, -0.1) is 0 Å². The number of hydrogen-bond acceptors (Lipinski definition) is 4. The van der Waals surface area contributed by atoms with Crippen molar-refractivity contribution < 1.29 is 19.4 Å². The molecule has 1 aromatic carbocycles. The predicted octanol–water partition coefficient (Wildman–Crippen LogP) is 0.983. The average molecular weight is 294 g/mol. The highest BCUT2D eigenvalue weighted by molar-refractivity contribution is 7.82. The standard InChI is InChI=1S/C13H14N2O4S/c16-11(12(20)15-5-7-19-8-6-15)14-10-4-2-1-3-9(10)13(17)18/h1-4H,5-8H2,(H,14,16)(H,17,18). The van der Waals surface area contributed by atoms with Gasteiger partial charge in [-0.25, -0.2) is 4.79 Å². The number of amides is 1. The minimum Gasteiger partial charge on any atom is -0.478 e. The zero-order chi connectivity index (χ0) is 14.5. The third-order valence-electron chi connectivity index (χ3n) is 2.90. The van der Waals surface area contributed by atoms with E-state index in [9.17, 15) is 9.59 Å². The van der Waals surface area contributed by atoms with Crippen molar-refractivity contribution in [2.24, 2.45) is 0 Å². The first-order chi connectivity index (χ1) is 9.59. The van der Waals surface area contributed by atoms with Gasteiger partial charge in [-0.1, -0.05) is 24.4 Å². The second-order valence-corrected chi connectivity index (χ2v) is 4.60. The Balaban J connectivity index is 2.07. The maximum absolute atomic E-state index is 12.1. The second kappa shape index (κ2) is 6.44. The van der Waals surface area contributed by atoms with Crippen LogP contribution >= 0.6 is 12.2 Å². The molecule has 0 atom stereocenters. The summed E-state index contributed by atoms with van der Waals surface area (Å²) in [5.74, 6) is -1.58. The first-order valence-electron chi connectivity index (χ1n) is 6.10. The summed E-state index contributed by atoms with van der Waals surface area (Å²) in [6.45, 7) is 2.18. The van der Waals surface area contributed by atoms with Crippen molar-refractivity contribution in [2.75, 3.05) is 31.6 Å². The highest BCUT2D eigenvalue weighted by atomic mass is 32.1. The Morgan fingerprint density at radius 3 is 2.55 bits per heavy atom. The number of carbonyl (C=O) groups excluding carboxylic acids is 1. The first-order valence-corrected chi connectivity index (χ1v) is 6.50. The maximum Gasteiger partial charge on any atom is 0.337 e. The van der Waals surface area contributed by atoms with Crippen LogP contribution < -0.4 is 5.32 Å². The number of carbonyl (C=O) groups is 2. The van der Waals surface area contributed by atoms with Crippen LogP contribution in [0.5, 0.6) is 0 Å². The van der Waals surface area contributed by atoms with Crippen LogP contribution in [-0.4, -0.2) is 53.2 Å². The Labute approximate surface area is 121 Å². The Morgan fingerprint density at radius 1 is 1.25 bits per heavy atom. The van der Waals surface area contributed by atoms with Crippen LogP contribution in [0.1, 0.15) is 10.4 Å². The van der Waals surface area contributed by atoms with E-state index in [0.717, 1.165) is 0 Å². The number of carboxylic acid groups (broad SMARTS) is 1. The van der Waals surface area contributed by atoms with Gasteiger partial charge in [0, 0.05) is 13.1 Å². The third-order valence-corrected chi connectivity index (χ3v) is 3.34.